The summed E-state index contributed by atoms with van der Waals surface area (Å²) >= 11 is 5.86. The minimum absolute atomic E-state index is 0.425. The predicted octanol–water partition coefficient (Wildman–Crippen LogP) is 1.38. The summed E-state index contributed by atoms with van der Waals surface area (Å²) in [5.41, 5.74) is 5.51. The lowest BCUT2D eigenvalue weighted by Gasteiger charge is -1.98. The van der Waals surface area contributed by atoms with Crippen LogP contribution in [0, 0.1) is 0 Å². The van der Waals surface area contributed by atoms with E-state index in [1.54, 1.807) is 24.3 Å². The van der Waals surface area contributed by atoms with Gasteiger partial charge in [0.1, 0.15) is 0 Å². The van der Waals surface area contributed by atoms with E-state index >= 15 is 0 Å². The highest BCUT2D eigenvalue weighted by molar-refractivity contribution is 6.32. The quantitative estimate of drug-likeness (QED) is 0.638. The second-order valence-electron chi connectivity index (χ2n) is 2.93. The number of rotatable bonds is 4. The van der Waals surface area contributed by atoms with Crippen molar-refractivity contribution in [2.75, 3.05) is 6.61 Å². The first-order valence-corrected chi connectivity index (χ1v) is 4.85. The molecule has 0 saturated carbocycles. The molecule has 1 rings (SSSR count). The third kappa shape index (κ3) is 4.14. The lowest BCUT2D eigenvalue weighted by atomic mass is 10.2. The number of hydrogen-bond acceptors (Lipinski definition) is 3. The highest BCUT2D eigenvalue weighted by Crippen LogP contribution is 2.16. The Labute approximate surface area is 97.6 Å². The number of ether oxygens (including phenoxy) is 1. The Hall–Kier alpha value is -1.81. The van der Waals surface area contributed by atoms with E-state index in [4.69, 9.17) is 17.3 Å². The number of carbonyl (C=O) groups excluding carboxylic acids is 2. The molecule has 0 aromatic heterocycles. The van der Waals surface area contributed by atoms with Gasteiger partial charge in [-0.2, -0.15) is 0 Å². The summed E-state index contributed by atoms with van der Waals surface area (Å²) in [5.74, 6) is -1.33. The Morgan fingerprint density at radius 3 is 2.69 bits per heavy atom. The number of esters is 1. The van der Waals surface area contributed by atoms with Crippen molar-refractivity contribution in [3.8, 4) is 0 Å². The fourth-order valence-electron chi connectivity index (χ4n) is 0.958. The smallest absolute Gasteiger partial charge is 0.331 e. The van der Waals surface area contributed by atoms with Gasteiger partial charge in [-0.1, -0.05) is 29.8 Å². The summed E-state index contributed by atoms with van der Waals surface area (Å²) in [6.07, 6.45) is 2.69. The van der Waals surface area contributed by atoms with Gasteiger partial charge in [0.15, 0.2) is 6.61 Å². The first kappa shape index (κ1) is 12.3. The van der Waals surface area contributed by atoms with Gasteiger partial charge < -0.3 is 10.5 Å². The Morgan fingerprint density at radius 1 is 1.38 bits per heavy atom. The lowest BCUT2D eigenvalue weighted by molar-refractivity contribution is -0.142. The van der Waals surface area contributed by atoms with Crippen molar-refractivity contribution in [2.45, 2.75) is 0 Å². The molecule has 84 valence electrons. The number of carbonyl (C=O) groups is 2. The Kier molecular flexibility index (Phi) is 4.54. The van der Waals surface area contributed by atoms with Crippen molar-refractivity contribution in [1.29, 1.82) is 0 Å². The monoisotopic (exact) mass is 239 g/mol. The van der Waals surface area contributed by atoms with Gasteiger partial charge in [-0.3, -0.25) is 4.79 Å². The number of halogens is 1. The van der Waals surface area contributed by atoms with E-state index in [0.29, 0.717) is 10.6 Å². The maximum Gasteiger partial charge on any atom is 0.331 e. The standard InChI is InChI=1S/C11H10ClNO3/c12-9-4-2-1-3-8(9)5-6-11(15)16-7-10(13)14/h1-6H,7H2,(H2,13,14)/b6-5+. The molecule has 2 N–H and O–H groups in total. The summed E-state index contributed by atoms with van der Waals surface area (Å²) in [6.45, 7) is -0.425. The summed E-state index contributed by atoms with van der Waals surface area (Å²) in [7, 11) is 0. The van der Waals surface area contributed by atoms with Crippen LogP contribution in [0.25, 0.3) is 6.08 Å². The molecule has 0 bridgehead atoms. The molecule has 0 fully saturated rings. The molecule has 0 aliphatic heterocycles. The molecular weight excluding hydrogens is 230 g/mol. The van der Waals surface area contributed by atoms with Crippen LogP contribution in [-0.2, 0) is 14.3 Å². The van der Waals surface area contributed by atoms with Crippen molar-refractivity contribution >= 4 is 29.6 Å². The van der Waals surface area contributed by atoms with Crippen LogP contribution in [0.1, 0.15) is 5.56 Å². The van der Waals surface area contributed by atoms with Crippen LogP contribution in [-0.4, -0.2) is 18.5 Å². The van der Waals surface area contributed by atoms with E-state index in [0.717, 1.165) is 0 Å². The Morgan fingerprint density at radius 2 is 2.06 bits per heavy atom. The van der Waals surface area contributed by atoms with Gasteiger partial charge >= 0.3 is 5.97 Å². The Balaban J connectivity index is 2.57. The topological polar surface area (TPSA) is 69.4 Å². The molecular formula is C11H10ClNO3. The normalized spacial score (nSPS) is 10.3. The molecule has 0 aliphatic carbocycles. The number of benzene rings is 1. The molecule has 0 heterocycles. The molecule has 16 heavy (non-hydrogen) atoms. The summed E-state index contributed by atoms with van der Waals surface area (Å²) in [5, 5.41) is 0.529. The molecule has 0 saturated heterocycles. The van der Waals surface area contributed by atoms with Gasteiger partial charge in [0.05, 0.1) is 0 Å². The van der Waals surface area contributed by atoms with Crippen LogP contribution in [0.3, 0.4) is 0 Å². The van der Waals surface area contributed by atoms with Crippen molar-refractivity contribution in [1.82, 2.24) is 0 Å². The second kappa shape index (κ2) is 5.92. The molecule has 0 aliphatic rings. The number of nitrogens with two attached hydrogens (primary N) is 1. The summed E-state index contributed by atoms with van der Waals surface area (Å²) in [6, 6.07) is 7.03. The fourth-order valence-corrected chi connectivity index (χ4v) is 1.16. The van der Waals surface area contributed by atoms with Crippen LogP contribution in [0.15, 0.2) is 30.3 Å². The molecule has 1 aromatic rings. The predicted molar refractivity (Wildman–Crippen MR) is 60.6 cm³/mol. The minimum atomic E-state index is -0.695. The largest absolute Gasteiger partial charge is 0.452 e. The third-order valence-corrected chi connectivity index (χ3v) is 2.01. The summed E-state index contributed by atoms with van der Waals surface area (Å²) in [4.78, 5) is 21.4. The second-order valence-corrected chi connectivity index (χ2v) is 3.34. The number of primary amides is 1. The van der Waals surface area contributed by atoms with Gasteiger partial charge in [-0.25, -0.2) is 4.79 Å². The van der Waals surface area contributed by atoms with E-state index in [2.05, 4.69) is 4.74 Å². The molecule has 1 amide bonds. The van der Waals surface area contributed by atoms with Crippen LogP contribution in [0.5, 0.6) is 0 Å². The highest BCUT2D eigenvalue weighted by atomic mass is 35.5. The van der Waals surface area contributed by atoms with Gasteiger partial charge in [-0.05, 0) is 17.7 Å². The molecule has 0 unspecified atom stereocenters. The number of amides is 1. The zero-order valence-electron chi connectivity index (χ0n) is 8.35. The highest BCUT2D eigenvalue weighted by Gasteiger charge is 2.00. The van der Waals surface area contributed by atoms with Gasteiger partial charge in [0.2, 0.25) is 0 Å². The van der Waals surface area contributed by atoms with Crippen molar-refractivity contribution in [3.63, 3.8) is 0 Å². The van der Waals surface area contributed by atoms with E-state index in [1.165, 1.54) is 12.2 Å². The van der Waals surface area contributed by atoms with Gasteiger partial charge in [0.25, 0.3) is 5.91 Å². The van der Waals surface area contributed by atoms with E-state index < -0.39 is 18.5 Å². The van der Waals surface area contributed by atoms with Crippen LogP contribution < -0.4 is 5.73 Å². The van der Waals surface area contributed by atoms with Crippen molar-refractivity contribution in [2.24, 2.45) is 5.73 Å². The molecule has 4 nitrogen and oxygen atoms in total. The Bertz CT molecular complexity index is 429. The maximum atomic E-state index is 11.1. The molecule has 0 spiro atoms. The minimum Gasteiger partial charge on any atom is -0.452 e. The van der Waals surface area contributed by atoms with Crippen LogP contribution in [0.4, 0.5) is 0 Å². The zero-order valence-corrected chi connectivity index (χ0v) is 9.11. The van der Waals surface area contributed by atoms with Crippen LogP contribution >= 0.6 is 11.6 Å². The average Bonchev–Trinajstić information content (AvgIpc) is 2.25. The zero-order chi connectivity index (χ0) is 12.0. The lowest BCUT2D eigenvalue weighted by Crippen LogP contribution is -2.19. The maximum absolute atomic E-state index is 11.1. The van der Waals surface area contributed by atoms with Crippen molar-refractivity contribution < 1.29 is 14.3 Å². The number of hydrogen-bond donors (Lipinski definition) is 1. The molecule has 1 aromatic carbocycles. The van der Waals surface area contributed by atoms with Gasteiger partial charge in [-0.15, -0.1) is 0 Å². The third-order valence-electron chi connectivity index (χ3n) is 1.66. The molecule has 0 atom stereocenters. The molecule has 0 radical (unpaired) electrons. The average molecular weight is 240 g/mol. The van der Waals surface area contributed by atoms with E-state index in [9.17, 15) is 9.59 Å². The fraction of sp³-hybridized carbons (Fsp3) is 0.0909. The SMILES string of the molecule is NC(=O)COC(=O)/C=C/c1ccccc1Cl. The summed E-state index contributed by atoms with van der Waals surface area (Å²) < 4.78 is 4.52. The van der Waals surface area contributed by atoms with E-state index in [-0.39, 0.29) is 0 Å². The first-order valence-electron chi connectivity index (χ1n) is 4.47. The van der Waals surface area contributed by atoms with E-state index in [1.807, 2.05) is 0 Å². The first-order chi connectivity index (χ1) is 7.59. The molecule has 5 heteroatoms. The van der Waals surface area contributed by atoms with Gasteiger partial charge in [0, 0.05) is 11.1 Å². The van der Waals surface area contributed by atoms with Crippen LogP contribution in [0.2, 0.25) is 5.02 Å². The van der Waals surface area contributed by atoms with Crippen molar-refractivity contribution in [3.05, 3.63) is 40.9 Å².